The number of hydrogen-bond donors (Lipinski definition) is 3. The molecule has 1 atom stereocenters. The molecule has 0 spiro atoms. The van der Waals surface area contributed by atoms with Crippen LogP contribution in [0, 0.1) is 0 Å². The van der Waals surface area contributed by atoms with Gasteiger partial charge in [-0.05, 0) is 6.92 Å². The van der Waals surface area contributed by atoms with E-state index in [1.807, 2.05) is 6.92 Å². The summed E-state index contributed by atoms with van der Waals surface area (Å²) >= 11 is 0. The van der Waals surface area contributed by atoms with Crippen LogP contribution < -0.4 is 11.1 Å². The molecule has 0 aromatic carbocycles. The predicted molar refractivity (Wildman–Crippen MR) is 45.5 cm³/mol. The molecule has 0 aliphatic heterocycles. The van der Waals surface area contributed by atoms with Crippen LogP contribution in [-0.4, -0.2) is 28.2 Å². The van der Waals surface area contributed by atoms with Crippen molar-refractivity contribution in [2.75, 3.05) is 7.05 Å². The summed E-state index contributed by atoms with van der Waals surface area (Å²) in [4.78, 5) is 7.72. The molecule has 1 unspecified atom stereocenters. The largest absolute Gasteiger partial charge is 0.370 e. The molecule has 0 radical (unpaired) electrons. The number of hydrogen-bond acceptors (Lipinski definition) is 3. The van der Waals surface area contributed by atoms with Gasteiger partial charge in [0.25, 0.3) is 0 Å². The second kappa shape index (κ2) is 3.70. The van der Waals surface area contributed by atoms with Crippen molar-refractivity contribution in [3.63, 3.8) is 0 Å². The number of H-pyrrole nitrogens is 1. The molecule has 0 aliphatic rings. The summed E-state index contributed by atoms with van der Waals surface area (Å²) < 4.78 is 0. The summed E-state index contributed by atoms with van der Waals surface area (Å²) in [6.45, 7) is 1.92. The SMILES string of the molecule is CN=C(N)NC(C)c1ncn[nH]1. The Hall–Kier alpha value is -1.59. The van der Waals surface area contributed by atoms with Crippen LogP contribution in [-0.2, 0) is 0 Å². The van der Waals surface area contributed by atoms with Crippen LogP contribution in [0.4, 0.5) is 0 Å². The van der Waals surface area contributed by atoms with Crippen LogP contribution >= 0.6 is 0 Å². The van der Waals surface area contributed by atoms with Crippen LogP contribution in [0.5, 0.6) is 0 Å². The van der Waals surface area contributed by atoms with Gasteiger partial charge in [0.1, 0.15) is 12.2 Å². The van der Waals surface area contributed by atoms with Gasteiger partial charge in [-0.15, -0.1) is 0 Å². The van der Waals surface area contributed by atoms with Gasteiger partial charge in [-0.1, -0.05) is 0 Å². The summed E-state index contributed by atoms with van der Waals surface area (Å²) in [6.07, 6.45) is 1.45. The molecule has 0 aliphatic carbocycles. The minimum absolute atomic E-state index is 0.00352. The third kappa shape index (κ3) is 1.94. The zero-order valence-electron chi connectivity index (χ0n) is 7.07. The first-order valence-corrected chi connectivity index (χ1v) is 3.58. The van der Waals surface area contributed by atoms with Crippen molar-refractivity contribution in [2.45, 2.75) is 13.0 Å². The fraction of sp³-hybridized carbons (Fsp3) is 0.500. The standard InChI is InChI=1S/C6H12N6/c1-4(11-6(7)8-2)5-9-3-10-12-5/h3-4H,1-2H3,(H3,7,8,11)(H,9,10,12). The van der Waals surface area contributed by atoms with Gasteiger partial charge in [0, 0.05) is 7.05 Å². The summed E-state index contributed by atoms with van der Waals surface area (Å²) in [5, 5.41) is 9.38. The number of aliphatic imine (C=N–C) groups is 1. The summed E-state index contributed by atoms with van der Waals surface area (Å²) in [5.41, 5.74) is 5.46. The second-order valence-corrected chi connectivity index (χ2v) is 2.35. The highest BCUT2D eigenvalue weighted by Crippen LogP contribution is 2.02. The van der Waals surface area contributed by atoms with Crippen LogP contribution in [0.25, 0.3) is 0 Å². The van der Waals surface area contributed by atoms with Gasteiger partial charge in [0.2, 0.25) is 0 Å². The first-order valence-electron chi connectivity index (χ1n) is 3.58. The van der Waals surface area contributed by atoms with Gasteiger partial charge in [-0.25, -0.2) is 4.98 Å². The lowest BCUT2D eigenvalue weighted by Gasteiger charge is -2.10. The third-order valence-electron chi connectivity index (χ3n) is 1.45. The molecule has 4 N–H and O–H groups in total. The lowest BCUT2D eigenvalue weighted by Crippen LogP contribution is -2.34. The van der Waals surface area contributed by atoms with Crippen molar-refractivity contribution in [1.29, 1.82) is 0 Å². The van der Waals surface area contributed by atoms with Gasteiger partial charge in [-0.3, -0.25) is 10.1 Å². The van der Waals surface area contributed by atoms with Crippen molar-refractivity contribution in [3.05, 3.63) is 12.2 Å². The van der Waals surface area contributed by atoms with Crippen molar-refractivity contribution < 1.29 is 0 Å². The molecule has 0 amide bonds. The van der Waals surface area contributed by atoms with Gasteiger partial charge in [0.15, 0.2) is 5.96 Å². The van der Waals surface area contributed by atoms with Crippen molar-refractivity contribution in [2.24, 2.45) is 10.7 Å². The molecule has 1 aromatic heterocycles. The monoisotopic (exact) mass is 168 g/mol. The fourth-order valence-corrected chi connectivity index (χ4v) is 0.778. The molecule has 0 bridgehead atoms. The van der Waals surface area contributed by atoms with Crippen molar-refractivity contribution in [3.8, 4) is 0 Å². The molecule has 12 heavy (non-hydrogen) atoms. The Balaban J connectivity index is 2.55. The van der Waals surface area contributed by atoms with Gasteiger partial charge in [-0.2, -0.15) is 5.10 Å². The van der Waals surface area contributed by atoms with E-state index in [1.54, 1.807) is 7.05 Å². The van der Waals surface area contributed by atoms with Crippen LogP contribution in [0.3, 0.4) is 0 Å². The fourth-order valence-electron chi connectivity index (χ4n) is 0.778. The molecule has 0 saturated heterocycles. The summed E-state index contributed by atoms with van der Waals surface area (Å²) in [7, 11) is 1.62. The number of aromatic nitrogens is 3. The Morgan fingerprint density at radius 1 is 1.83 bits per heavy atom. The average Bonchev–Trinajstić information content (AvgIpc) is 2.56. The molecular formula is C6H12N6. The lowest BCUT2D eigenvalue weighted by molar-refractivity contribution is 0.662. The third-order valence-corrected chi connectivity index (χ3v) is 1.45. The van der Waals surface area contributed by atoms with E-state index in [0.29, 0.717) is 5.96 Å². The topological polar surface area (TPSA) is 92.0 Å². The molecular weight excluding hydrogens is 156 g/mol. The molecule has 1 rings (SSSR count). The van der Waals surface area contributed by atoms with Crippen molar-refractivity contribution >= 4 is 5.96 Å². The van der Waals surface area contributed by atoms with E-state index in [4.69, 9.17) is 5.73 Å². The molecule has 0 saturated carbocycles. The number of nitrogens with one attached hydrogen (secondary N) is 2. The van der Waals surface area contributed by atoms with Gasteiger partial charge in [0.05, 0.1) is 6.04 Å². The smallest absolute Gasteiger partial charge is 0.188 e. The first-order chi connectivity index (χ1) is 5.74. The highest BCUT2D eigenvalue weighted by molar-refractivity contribution is 5.77. The van der Waals surface area contributed by atoms with Gasteiger partial charge >= 0.3 is 0 Å². The first kappa shape index (κ1) is 8.51. The second-order valence-electron chi connectivity index (χ2n) is 2.35. The van der Waals surface area contributed by atoms with Gasteiger partial charge < -0.3 is 11.1 Å². The van der Waals surface area contributed by atoms with Crippen LogP contribution in [0.15, 0.2) is 11.3 Å². The predicted octanol–water partition coefficient (Wildman–Crippen LogP) is -0.600. The van der Waals surface area contributed by atoms with Crippen LogP contribution in [0.2, 0.25) is 0 Å². The lowest BCUT2D eigenvalue weighted by atomic mass is 10.3. The number of guanidine groups is 1. The Bertz CT molecular complexity index is 251. The molecule has 6 heteroatoms. The Morgan fingerprint density at radius 2 is 2.58 bits per heavy atom. The summed E-state index contributed by atoms with van der Waals surface area (Å²) in [5.74, 6) is 1.13. The van der Waals surface area contributed by atoms with E-state index in [0.717, 1.165) is 5.82 Å². The van der Waals surface area contributed by atoms with E-state index in [2.05, 4.69) is 25.5 Å². The number of aromatic amines is 1. The highest BCUT2D eigenvalue weighted by Gasteiger charge is 2.07. The minimum atomic E-state index is -0.00352. The molecule has 66 valence electrons. The van der Waals surface area contributed by atoms with Crippen molar-refractivity contribution in [1.82, 2.24) is 20.5 Å². The maximum Gasteiger partial charge on any atom is 0.188 e. The number of nitrogens with zero attached hydrogens (tertiary/aromatic N) is 3. The number of nitrogens with two attached hydrogens (primary N) is 1. The quantitative estimate of drug-likeness (QED) is 0.406. The summed E-state index contributed by atoms with van der Waals surface area (Å²) in [6, 6.07) is -0.00352. The maximum absolute atomic E-state index is 5.46. The normalized spacial score (nSPS) is 14.3. The zero-order chi connectivity index (χ0) is 8.97. The molecule has 1 aromatic rings. The van der Waals surface area contributed by atoms with E-state index >= 15 is 0 Å². The Labute approximate surface area is 70.3 Å². The average molecular weight is 168 g/mol. The minimum Gasteiger partial charge on any atom is -0.370 e. The maximum atomic E-state index is 5.46. The van der Waals surface area contributed by atoms with E-state index in [1.165, 1.54) is 6.33 Å². The molecule has 0 fully saturated rings. The number of rotatable bonds is 2. The Morgan fingerprint density at radius 3 is 3.08 bits per heavy atom. The highest BCUT2D eigenvalue weighted by atomic mass is 15.2. The van der Waals surface area contributed by atoms with E-state index < -0.39 is 0 Å². The van der Waals surface area contributed by atoms with E-state index in [-0.39, 0.29) is 6.04 Å². The Kier molecular flexibility index (Phi) is 2.62. The molecule has 6 nitrogen and oxygen atoms in total. The van der Waals surface area contributed by atoms with Crippen LogP contribution in [0.1, 0.15) is 18.8 Å². The van der Waals surface area contributed by atoms with E-state index in [9.17, 15) is 0 Å². The zero-order valence-corrected chi connectivity index (χ0v) is 7.07. The molecule has 1 heterocycles.